The van der Waals surface area contributed by atoms with Crippen LogP contribution in [-0.4, -0.2) is 37.4 Å². The highest BCUT2D eigenvalue weighted by Crippen LogP contribution is 2.32. The zero-order chi connectivity index (χ0) is 20.4. The van der Waals surface area contributed by atoms with Gasteiger partial charge in [-0.1, -0.05) is 23.7 Å². The Morgan fingerprint density at radius 1 is 1.21 bits per heavy atom. The average Bonchev–Trinajstić information content (AvgIpc) is 3.06. The summed E-state index contributed by atoms with van der Waals surface area (Å²) in [4.78, 5) is 19.9. The number of halogens is 1. The molecule has 2 fully saturated rings. The molecule has 0 aliphatic carbocycles. The van der Waals surface area contributed by atoms with Crippen molar-refractivity contribution in [3.8, 4) is 0 Å². The molecule has 0 aromatic heterocycles. The van der Waals surface area contributed by atoms with Gasteiger partial charge in [0.05, 0.1) is 23.8 Å². The van der Waals surface area contributed by atoms with Gasteiger partial charge in [-0.3, -0.25) is 4.79 Å². The van der Waals surface area contributed by atoms with E-state index in [1.807, 2.05) is 31.2 Å². The molecule has 1 amide bonds. The Morgan fingerprint density at radius 2 is 2.00 bits per heavy atom. The zero-order valence-corrected chi connectivity index (χ0v) is 17.9. The van der Waals surface area contributed by atoms with Crippen molar-refractivity contribution in [1.29, 1.82) is 0 Å². The lowest BCUT2D eigenvalue weighted by Crippen LogP contribution is -2.36. The Hall–Kier alpha value is -2.28. The van der Waals surface area contributed by atoms with E-state index in [1.165, 1.54) is 17.4 Å². The second-order valence-electron chi connectivity index (χ2n) is 7.01. The number of nitrogens with zero attached hydrogens (tertiary/aromatic N) is 2. The Labute approximate surface area is 179 Å². The number of anilines is 1. The molecule has 0 spiro atoms. The Morgan fingerprint density at radius 3 is 2.76 bits per heavy atom. The molecule has 0 bridgehead atoms. The van der Waals surface area contributed by atoms with Crippen LogP contribution in [0.1, 0.15) is 16.7 Å². The molecular formula is C22H22ClN3O2S. The van der Waals surface area contributed by atoms with Gasteiger partial charge in [-0.25, -0.2) is 4.99 Å². The van der Waals surface area contributed by atoms with Gasteiger partial charge < -0.3 is 15.0 Å². The SMILES string of the molecule is Cc1cc(N2CCOCC2)ccc1C=C1SC(=Nc2cccc(Cl)c2C)NC1=O. The highest BCUT2D eigenvalue weighted by molar-refractivity contribution is 8.18. The van der Waals surface area contributed by atoms with Crippen LogP contribution >= 0.6 is 23.4 Å². The van der Waals surface area contributed by atoms with Gasteiger partial charge in [-0.15, -0.1) is 0 Å². The molecule has 7 heteroatoms. The van der Waals surface area contributed by atoms with Crippen molar-refractivity contribution >= 4 is 51.9 Å². The third kappa shape index (κ3) is 4.50. The van der Waals surface area contributed by atoms with E-state index in [-0.39, 0.29) is 5.91 Å². The number of amidine groups is 1. The smallest absolute Gasteiger partial charge is 0.264 e. The van der Waals surface area contributed by atoms with E-state index in [2.05, 4.69) is 40.3 Å². The van der Waals surface area contributed by atoms with E-state index in [4.69, 9.17) is 16.3 Å². The molecule has 29 heavy (non-hydrogen) atoms. The van der Waals surface area contributed by atoms with E-state index in [0.717, 1.165) is 48.7 Å². The Balaban J connectivity index is 1.54. The van der Waals surface area contributed by atoms with E-state index < -0.39 is 0 Å². The molecular weight excluding hydrogens is 406 g/mol. The molecule has 2 heterocycles. The molecule has 4 rings (SSSR count). The molecule has 5 nitrogen and oxygen atoms in total. The van der Waals surface area contributed by atoms with Crippen molar-refractivity contribution in [2.45, 2.75) is 13.8 Å². The first kappa shape index (κ1) is 20.0. The van der Waals surface area contributed by atoms with Crippen LogP contribution in [0.2, 0.25) is 5.02 Å². The number of ether oxygens (including phenoxy) is 1. The summed E-state index contributed by atoms with van der Waals surface area (Å²) in [7, 11) is 0. The quantitative estimate of drug-likeness (QED) is 0.722. The molecule has 2 saturated heterocycles. The molecule has 0 atom stereocenters. The zero-order valence-electron chi connectivity index (χ0n) is 16.4. The number of morpholine rings is 1. The highest BCUT2D eigenvalue weighted by Gasteiger charge is 2.24. The predicted octanol–water partition coefficient (Wildman–Crippen LogP) is 4.69. The fourth-order valence-electron chi connectivity index (χ4n) is 3.29. The molecule has 2 aromatic rings. The number of benzene rings is 2. The van der Waals surface area contributed by atoms with Crippen LogP contribution in [0, 0.1) is 13.8 Å². The minimum absolute atomic E-state index is 0.134. The minimum Gasteiger partial charge on any atom is -0.378 e. The van der Waals surface area contributed by atoms with Gasteiger partial charge in [0.15, 0.2) is 5.17 Å². The van der Waals surface area contributed by atoms with Crippen molar-refractivity contribution in [3.05, 3.63) is 63.0 Å². The average molecular weight is 428 g/mol. The van der Waals surface area contributed by atoms with Gasteiger partial charge in [-0.2, -0.15) is 0 Å². The van der Waals surface area contributed by atoms with Crippen LogP contribution in [0.5, 0.6) is 0 Å². The largest absolute Gasteiger partial charge is 0.378 e. The number of rotatable bonds is 3. The van der Waals surface area contributed by atoms with Crippen molar-refractivity contribution in [2.75, 3.05) is 31.2 Å². The number of carbonyl (C=O) groups is 1. The van der Waals surface area contributed by atoms with Crippen LogP contribution in [0.3, 0.4) is 0 Å². The lowest BCUT2D eigenvalue weighted by atomic mass is 10.1. The summed E-state index contributed by atoms with van der Waals surface area (Å²) in [5, 5.41) is 4.07. The standard InChI is InChI=1S/C22H22ClN3O2S/c1-14-12-17(26-8-10-28-11-9-26)7-6-16(14)13-20-21(27)25-22(29-20)24-19-5-3-4-18(23)15(19)2/h3-7,12-13H,8-11H2,1-2H3,(H,24,25,27). The second kappa shape index (κ2) is 8.61. The molecule has 2 aromatic carbocycles. The normalized spacial score (nSPS) is 19.8. The maximum Gasteiger partial charge on any atom is 0.264 e. The van der Waals surface area contributed by atoms with Crippen molar-refractivity contribution in [2.24, 2.45) is 4.99 Å². The molecule has 0 saturated carbocycles. The molecule has 2 aliphatic rings. The van der Waals surface area contributed by atoms with Crippen LogP contribution in [0.25, 0.3) is 6.08 Å². The van der Waals surface area contributed by atoms with Gasteiger partial charge in [-0.05, 0) is 72.6 Å². The van der Waals surface area contributed by atoms with E-state index in [1.54, 1.807) is 0 Å². The van der Waals surface area contributed by atoms with Gasteiger partial charge in [0.25, 0.3) is 5.91 Å². The molecule has 2 aliphatic heterocycles. The Bertz CT molecular complexity index is 1010. The van der Waals surface area contributed by atoms with E-state index in [9.17, 15) is 4.79 Å². The fraction of sp³-hybridized carbons (Fsp3) is 0.273. The van der Waals surface area contributed by atoms with Gasteiger partial charge in [0, 0.05) is 23.8 Å². The number of nitrogens with one attached hydrogen (secondary N) is 1. The van der Waals surface area contributed by atoms with Crippen molar-refractivity contribution in [1.82, 2.24) is 5.32 Å². The lowest BCUT2D eigenvalue weighted by molar-refractivity contribution is -0.115. The number of hydrogen-bond donors (Lipinski definition) is 1. The third-order valence-corrected chi connectivity index (χ3v) is 6.35. The third-order valence-electron chi connectivity index (χ3n) is 5.03. The number of thioether (sulfide) groups is 1. The van der Waals surface area contributed by atoms with Crippen LogP contribution < -0.4 is 10.2 Å². The first-order chi connectivity index (χ1) is 14.0. The summed E-state index contributed by atoms with van der Waals surface area (Å²) in [5.41, 5.74) is 5.00. The van der Waals surface area contributed by atoms with Crippen LogP contribution in [-0.2, 0) is 9.53 Å². The number of aryl methyl sites for hydroxylation is 1. The van der Waals surface area contributed by atoms with E-state index >= 15 is 0 Å². The monoisotopic (exact) mass is 427 g/mol. The van der Waals surface area contributed by atoms with Crippen LogP contribution in [0.4, 0.5) is 11.4 Å². The van der Waals surface area contributed by atoms with Crippen molar-refractivity contribution < 1.29 is 9.53 Å². The summed E-state index contributed by atoms with van der Waals surface area (Å²) in [6, 6.07) is 11.9. The fourth-order valence-corrected chi connectivity index (χ4v) is 4.28. The topological polar surface area (TPSA) is 53.9 Å². The summed E-state index contributed by atoms with van der Waals surface area (Å²) in [6.45, 7) is 7.31. The summed E-state index contributed by atoms with van der Waals surface area (Å²) in [6.07, 6.45) is 1.92. The summed E-state index contributed by atoms with van der Waals surface area (Å²) < 4.78 is 5.43. The number of aliphatic imine (C=N–C) groups is 1. The summed E-state index contributed by atoms with van der Waals surface area (Å²) >= 11 is 7.51. The van der Waals surface area contributed by atoms with Gasteiger partial charge in [0.1, 0.15) is 0 Å². The summed E-state index contributed by atoms with van der Waals surface area (Å²) in [5.74, 6) is -0.134. The van der Waals surface area contributed by atoms with Gasteiger partial charge in [0.2, 0.25) is 0 Å². The highest BCUT2D eigenvalue weighted by atomic mass is 35.5. The molecule has 0 radical (unpaired) electrons. The van der Waals surface area contributed by atoms with Crippen LogP contribution in [0.15, 0.2) is 46.3 Å². The molecule has 0 unspecified atom stereocenters. The maximum atomic E-state index is 12.4. The molecule has 1 N–H and O–H groups in total. The second-order valence-corrected chi connectivity index (χ2v) is 8.44. The van der Waals surface area contributed by atoms with Gasteiger partial charge >= 0.3 is 0 Å². The van der Waals surface area contributed by atoms with Crippen molar-refractivity contribution in [3.63, 3.8) is 0 Å². The maximum absolute atomic E-state index is 12.4. The lowest BCUT2D eigenvalue weighted by Gasteiger charge is -2.29. The van der Waals surface area contributed by atoms with E-state index in [0.29, 0.717) is 15.1 Å². The number of carbonyl (C=O) groups excluding carboxylic acids is 1. The minimum atomic E-state index is -0.134. The predicted molar refractivity (Wildman–Crippen MR) is 121 cm³/mol. The number of amides is 1. The first-order valence-corrected chi connectivity index (χ1v) is 10.7. The first-order valence-electron chi connectivity index (χ1n) is 9.49. The molecule has 150 valence electrons. The number of hydrogen-bond acceptors (Lipinski definition) is 5. The Kier molecular flexibility index (Phi) is 5.94.